The molecule has 7 nitrogen and oxygen atoms in total. The lowest BCUT2D eigenvalue weighted by molar-refractivity contribution is 0.0626. The van der Waals surface area contributed by atoms with Crippen LogP contribution in [0.5, 0.6) is 23.0 Å². The molecule has 2 N–H and O–H groups in total. The van der Waals surface area contributed by atoms with Crippen LogP contribution in [0.3, 0.4) is 0 Å². The SMILES string of the molecule is CCC(O)COc1ccc(SSc2ccc(OCC(O)COc3ccc(SSc4ccc(OCC5CO5)cc4)cc3)cc2)cc1. The molecule has 45 heavy (non-hydrogen) atoms. The van der Waals surface area contributed by atoms with Gasteiger partial charge in [-0.05, 0) is 103 Å². The van der Waals surface area contributed by atoms with E-state index in [1.807, 2.05) is 91.9 Å². The molecule has 3 atom stereocenters. The molecule has 0 aromatic heterocycles. The van der Waals surface area contributed by atoms with Crippen LogP contribution < -0.4 is 18.9 Å². The molecule has 4 aromatic rings. The molecule has 5 rings (SSSR count). The molecule has 1 aliphatic heterocycles. The molecule has 1 fully saturated rings. The Morgan fingerprint density at radius 3 is 1.18 bits per heavy atom. The molecule has 11 heteroatoms. The molecule has 1 saturated heterocycles. The van der Waals surface area contributed by atoms with Gasteiger partial charge in [-0.2, -0.15) is 0 Å². The third kappa shape index (κ3) is 12.2. The number of aliphatic hydroxyl groups is 2. The first-order chi connectivity index (χ1) is 22.0. The third-order valence-corrected chi connectivity index (χ3v) is 11.2. The Morgan fingerprint density at radius 2 is 0.867 bits per heavy atom. The maximum absolute atomic E-state index is 10.4. The first kappa shape index (κ1) is 33.7. The maximum atomic E-state index is 10.4. The number of hydrogen-bond donors (Lipinski definition) is 2. The summed E-state index contributed by atoms with van der Waals surface area (Å²) in [6.45, 7) is 3.89. The van der Waals surface area contributed by atoms with Gasteiger partial charge in [0.05, 0.1) is 12.7 Å². The molecular formula is C34H36O7S4. The topological polar surface area (TPSA) is 89.9 Å². The van der Waals surface area contributed by atoms with Gasteiger partial charge >= 0.3 is 0 Å². The van der Waals surface area contributed by atoms with Crippen LogP contribution in [0.15, 0.2) is 117 Å². The van der Waals surface area contributed by atoms with Gasteiger partial charge in [0.15, 0.2) is 0 Å². The highest BCUT2D eigenvalue weighted by Gasteiger charge is 2.23. The Hall–Kier alpha value is -2.64. The van der Waals surface area contributed by atoms with E-state index in [1.165, 1.54) is 0 Å². The molecule has 0 saturated carbocycles. The average Bonchev–Trinajstić information content (AvgIpc) is 3.92. The minimum Gasteiger partial charge on any atom is -0.491 e. The summed E-state index contributed by atoms with van der Waals surface area (Å²) in [5.41, 5.74) is 0. The van der Waals surface area contributed by atoms with E-state index in [4.69, 9.17) is 23.7 Å². The number of epoxide rings is 1. The van der Waals surface area contributed by atoms with Crippen LogP contribution in [0.4, 0.5) is 0 Å². The highest BCUT2D eigenvalue weighted by atomic mass is 33.1. The second kappa shape index (κ2) is 17.9. The molecular weight excluding hydrogens is 649 g/mol. The van der Waals surface area contributed by atoms with Gasteiger partial charge in [0.25, 0.3) is 0 Å². The van der Waals surface area contributed by atoms with Gasteiger partial charge < -0.3 is 33.9 Å². The van der Waals surface area contributed by atoms with E-state index < -0.39 is 12.2 Å². The summed E-state index contributed by atoms with van der Waals surface area (Å²) < 4.78 is 28.0. The van der Waals surface area contributed by atoms with Crippen LogP contribution in [0.2, 0.25) is 0 Å². The van der Waals surface area contributed by atoms with E-state index in [2.05, 4.69) is 12.1 Å². The van der Waals surface area contributed by atoms with Crippen LogP contribution in [0, 0.1) is 0 Å². The quantitative estimate of drug-likeness (QED) is 0.0743. The Labute approximate surface area is 280 Å². The van der Waals surface area contributed by atoms with Gasteiger partial charge in [0.2, 0.25) is 0 Å². The fourth-order valence-corrected chi connectivity index (χ4v) is 7.52. The second-order valence-electron chi connectivity index (χ2n) is 10.1. The van der Waals surface area contributed by atoms with Crippen LogP contribution in [-0.2, 0) is 4.74 Å². The largest absolute Gasteiger partial charge is 0.491 e. The number of benzene rings is 4. The fraction of sp³-hybridized carbons (Fsp3) is 0.294. The lowest BCUT2D eigenvalue weighted by Crippen LogP contribution is -2.25. The number of hydrogen-bond acceptors (Lipinski definition) is 11. The van der Waals surface area contributed by atoms with Gasteiger partial charge in [-0.1, -0.05) is 50.1 Å². The van der Waals surface area contributed by atoms with Crippen molar-refractivity contribution in [1.82, 2.24) is 0 Å². The molecule has 0 aliphatic carbocycles. The van der Waals surface area contributed by atoms with Crippen molar-refractivity contribution in [2.45, 2.75) is 51.2 Å². The van der Waals surface area contributed by atoms with Crippen molar-refractivity contribution in [3.63, 3.8) is 0 Å². The van der Waals surface area contributed by atoms with Gasteiger partial charge in [-0.3, -0.25) is 0 Å². The number of ether oxygens (including phenoxy) is 5. The van der Waals surface area contributed by atoms with Crippen molar-refractivity contribution < 1.29 is 33.9 Å². The smallest absolute Gasteiger partial charge is 0.122 e. The summed E-state index contributed by atoms with van der Waals surface area (Å²) >= 11 is 0. The predicted molar refractivity (Wildman–Crippen MR) is 183 cm³/mol. The summed E-state index contributed by atoms with van der Waals surface area (Å²) in [6.07, 6.45) is -0.285. The fourth-order valence-electron chi connectivity index (χ4n) is 3.65. The molecule has 4 aromatic carbocycles. The average molecular weight is 685 g/mol. The summed E-state index contributed by atoms with van der Waals surface area (Å²) in [5, 5.41) is 20.0. The lowest BCUT2D eigenvalue weighted by Gasteiger charge is -2.14. The molecule has 0 spiro atoms. The lowest BCUT2D eigenvalue weighted by atomic mass is 10.3. The molecule has 1 aliphatic rings. The summed E-state index contributed by atoms with van der Waals surface area (Å²) in [6, 6.07) is 31.5. The molecule has 3 unspecified atom stereocenters. The van der Waals surface area contributed by atoms with Crippen molar-refractivity contribution in [2.24, 2.45) is 0 Å². The number of rotatable bonds is 19. The van der Waals surface area contributed by atoms with Gasteiger partial charge in [0, 0.05) is 19.6 Å². The van der Waals surface area contributed by atoms with Crippen LogP contribution in [-0.4, -0.2) is 61.6 Å². The van der Waals surface area contributed by atoms with Gasteiger partial charge in [0.1, 0.15) is 61.6 Å². The van der Waals surface area contributed by atoms with Gasteiger partial charge in [-0.15, -0.1) is 0 Å². The molecule has 0 amide bonds. The van der Waals surface area contributed by atoms with E-state index in [-0.39, 0.29) is 19.3 Å². The van der Waals surface area contributed by atoms with Crippen molar-refractivity contribution in [3.05, 3.63) is 97.1 Å². The Morgan fingerprint density at radius 1 is 0.556 bits per heavy atom. The Balaban J connectivity index is 0.954. The van der Waals surface area contributed by atoms with E-state index in [0.29, 0.717) is 31.1 Å². The van der Waals surface area contributed by atoms with E-state index in [0.717, 1.165) is 37.7 Å². The molecule has 0 bridgehead atoms. The van der Waals surface area contributed by atoms with E-state index in [1.54, 1.807) is 43.2 Å². The molecule has 238 valence electrons. The normalized spacial score (nSPS) is 15.2. The highest BCUT2D eigenvalue weighted by Crippen LogP contribution is 2.39. The van der Waals surface area contributed by atoms with Crippen LogP contribution in [0.1, 0.15) is 13.3 Å². The zero-order valence-corrected chi connectivity index (χ0v) is 28.0. The van der Waals surface area contributed by atoms with E-state index in [9.17, 15) is 10.2 Å². The second-order valence-corrected chi connectivity index (χ2v) is 14.7. The first-order valence-electron chi connectivity index (χ1n) is 14.6. The summed E-state index contributed by atoms with van der Waals surface area (Å²) in [5.74, 6) is 2.99. The zero-order valence-electron chi connectivity index (χ0n) is 24.8. The zero-order chi connectivity index (χ0) is 31.3. The summed E-state index contributed by atoms with van der Waals surface area (Å²) in [7, 11) is 6.65. The third-order valence-electron chi connectivity index (χ3n) is 6.40. The standard InChI is InChI=1S/C34H36O7S4/c1-2-24(35)19-37-26-3-11-31(12-4-26)42-43-32-13-5-27(6-14-32)38-20-25(36)21-39-28-7-15-33(16-8-28)44-45-34-17-9-29(10-18-34)40-22-30-23-41-30/h3-18,24-25,30,35-36H,2,19-23H2,1H3. The monoisotopic (exact) mass is 684 g/mol. The first-order valence-corrected chi connectivity index (χ1v) is 18.9. The Kier molecular flexibility index (Phi) is 13.4. The molecule has 0 radical (unpaired) electrons. The van der Waals surface area contributed by atoms with Crippen molar-refractivity contribution >= 4 is 43.2 Å². The van der Waals surface area contributed by atoms with Crippen LogP contribution in [0.25, 0.3) is 0 Å². The summed E-state index contributed by atoms with van der Waals surface area (Å²) in [4.78, 5) is 4.44. The highest BCUT2D eigenvalue weighted by molar-refractivity contribution is 8.77. The van der Waals surface area contributed by atoms with E-state index >= 15 is 0 Å². The maximum Gasteiger partial charge on any atom is 0.122 e. The predicted octanol–water partition coefficient (Wildman–Crippen LogP) is 8.03. The molecule has 1 heterocycles. The van der Waals surface area contributed by atoms with Gasteiger partial charge in [-0.25, -0.2) is 0 Å². The number of aliphatic hydroxyl groups excluding tert-OH is 2. The van der Waals surface area contributed by atoms with Crippen molar-refractivity contribution in [3.8, 4) is 23.0 Å². The minimum absolute atomic E-state index is 0.133. The Bertz CT molecular complexity index is 1420. The van der Waals surface area contributed by atoms with Crippen LogP contribution >= 0.6 is 43.2 Å². The van der Waals surface area contributed by atoms with Crippen molar-refractivity contribution in [2.75, 3.05) is 33.0 Å². The minimum atomic E-state index is -0.764. The van der Waals surface area contributed by atoms with Crippen molar-refractivity contribution in [1.29, 1.82) is 0 Å².